The van der Waals surface area contributed by atoms with Crippen molar-refractivity contribution in [2.75, 3.05) is 7.11 Å². The van der Waals surface area contributed by atoms with Gasteiger partial charge < -0.3 is 14.3 Å². The van der Waals surface area contributed by atoms with Gasteiger partial charge in [-0.25, -0.2) is 9.78 Å². The van der Waals surface area contributed by atoms with Crippen LogP contribution in [0.2, 0.25) is 0 Å². The average molecular weight is 223 g/mol. The van der Waals surface area contributed by atoms with Crippen molar-refractivity contribution in [1.29, 1.82) is 0 Å². The van der Waals surface area contributed by atoms with Crippen molar-refractivity contribution in [2.24, 2.45) is 0 Å². The molecule has 0 unspecified atom stereocenters. The Kier molecular flexibility index (Phi) is 3.88. The third-order valence-electron chi connectivity index (χ3n) is 1.85. The minimum atomic E-state index is -0.694. The lowest BCUT2D eigenvalue weighted by Gasteiger charge is -2.00. The highest BCUT2D eigenvalue weighted by Crippen LogP contribution is 2.27. The number of furan rings is 1. The second kappa shape index (κ2) is 5.16. The Hall–Kier alpha value is -2.04. The zero-order valence-corrected chi connectivity index (χ0v) is 9.35. The second-order valence-electron chi connectivity index (χ2n) is 2.65. The van der Waals surface area contributed by atoms with Gasteiger partial charge in [0.15, 0.2) is 17.0 Å². The zero-order chi connectivity index (χ0) is 12.1. The molecule has 0 amide bonds. The quantitative estimate of drug-likeness (QED) is 0.751. The van der Waals surface area contributed by atoms with Gasteiger partial charge in [-0.3, -0.25) is 0 Å². The maximum atomic E-state index is 11.1. The molecule has 2 aromatic rings. The molecule has 16 heavy (non-hydrogen) atoms. The van der Waals surface area contributed by atoms with E-state index in [4.69, 9.17) is 4.42 Å². The number of aromatic nitrogens is 1. The predicted molar refractivity (Wildman–Crippen MR) is 58.4 cm³/mol. The third-order valence-corrected chi connectivity index (χ3v) is 1.85. The lowest BCUT2D eigenvalue weighted by atomic mass is 10.2. The van der Waals surface area contributed by atoms with Crippen molar-refractivity contribution in [1.82, 2.24) is 4.98 Å². The van der Waals surface area contributed by atoms with E-state index in [9.17, 15) is 9.90 Å². The number of hydrogen-bond acceptors (Lipinski definition) is 5. The van der Waals surface area contributed by atoms with Crippen molar-refractivity contribution in [2.45, 2.75) is 13.8 Å². The van der Waals surface area contributed by atoms with Crippen LogP contribution in [0.1, 0.15) is 24.3 Å². The smallest absolute Gasteiger partial charge is 0.360 e. The summed E-state index contributed by atoms with van der Waals surface area (Å²) in [4.78, 5) is 14.9. The molecule has 5 nitrogen and oxygen atoms in total. The summed E-state index contributed by atoms with van der Waals surface area (Å²) in [5.74, 6) is -0.986. The number of esters is 1. The number of methoxy groups -OCH3 is 1. The molecule has 0 spiro atoms. The van der Waals surface area contributed by atoms with Crippen molar-refractivity contribution in [3.63, 3.8) is 0 Å². The summed E-state index contributed by atoms with van der Waals surface area (Å²) in [6, 6.07) is 1.64. The molecule has 1 N–H and O–H groups in total. The van der Waals surface area contributed by atoms with Crippen LogP contribution in [-0.4, -0.2) is 23.2 Å². The van der Waals surface area contributed by atoms with E-state index < -0.39 is 5.97 Å². The molecule has 2 heterocycles. The summed E-state index contributed by atoms with van der Waals surface area (Å²) >= 11 is 0. The van der Waals surface area contributed by atoms with Gasteiger partial charge in [-0.1, -0.05) is 13.8 Å². The van der Waals surface area contributed by atoms with Crippen LogP contribution >= 0.6 is 0 Å². The largest absolute Gasteiger partial charge is 0.503 e. The highest BCUT2D eigenvalue weighted by atomic mass is 16.5. The summed E-state index contributed by atoms with van der Waals surface area (Å²) in [5, 5.41) is 10.2. The van der Waals surface area contributed by atoms with Crippen molar-refractivity contribution >= 4 is 16.9 Å². The number of carbonyl (C=O) groups is 1. The van der Waals surface area contributed by atoms with Gasteiger partial charge in [-0.2, -0.15) is 0 Å². The van der Waals surface area contributed by atoms with Gasteiger partial charge in [0.2, 0.25) is 0 Å². The van der Waals surface area contributed by atoms with Gasteiger partial charge in [0.25, 0.3) is 0 Å². The standard InChI is InChI=1S/C9H7NO4.C2H6/c1-13-9(12)6-7(11)8-5(4-10-6)2-3-14-8;1-2/h2-4,11H,1H3;1-2H3. The van der Waals surface area contributed by atoms with E-state index in [1.54, 1.807) is 6.07 Å². The monoisotopic (exact) mass is 223 g/mol. The molecule has 86 valence electrons. The van der Waals surface area contributed by atoms with E-state index in [1.807, 2.05) is 13.8 Å². The van der Waals surface area contributed by atoms with Crippen molar-refractivity contribution < 1.29 is 19.1 Å². The van der Waals surface area contributed by atoms with Gasteiger partial charge in [-0.05, 0) is 6.07 Å². The Bertz CT molecular complexity index is 490. The second-order valence-corrected chi connectivity index (χ2v) is 2.65. The lowest BCUT2D eigenvalue weighted by Crippen LogP contribution is -2.04. The fourth-order valence-corrected chi connectivity index (χ4v) is 1.16. The molecule has 0 fully saturated rings. The summed E-state index contributed by atoms with van der Waals surface area (Å²) in [5.41, 5.74) is 0.0929. The first-order valence-corrected chi connectivity index (χ1v) is 4.87. The van der Waals surface area contributed by atoms with E-state index in [1.165, 1.54) is 19.6 Å². The topological polar surface area (TPSA) is 72.6 Å². The van der Waals surface area contributed by atoms with Crippen LogP contribution in [0.15, 0.2) is 22.9 Å². The fourth-order valence-electron chi connectivity index (χ4n) is 1.16. The number of fused-ring (bicyclic) bond motifs is 1. The van der Waals surface area contributed by atoms with Gasteiger partial charge >= 0.3 is 5.97 Å². The van der Waals surface area contributed by atoms with Crippen LogP contribution in [0.5, 0.6) is 5.75 Å². The Labute approximate surface area is 92.7 Å². The molecule has 2 aromatic heterocycles. The maximum Gasteiger partial charge on any atom is 0.360 e. The third kappa shape index (κ3) is 1.98. The van der Waals surface area contributed by atoms with Crippen molar-refractivity contribution in [3.8, 4) is 5.75 Å². The van der Waals surface area contributed by atoms with E-state index in [2.05, 4.69) is 9.72 Å². The highest BCUT2D eigenvalue weighted by molar-refractivity contribution is 5.96. The molecule has 0 aliphatic heterocycles. The Balaban J connectivity index is 0.000000606. The first-order chi connectivity index (χ1) is 7.74. The lowest BCUT2D eigenvalue weighted by molar-refractivity contribution is 0.0590. The number of ether oxygens (including phenoxy) is 1. The zero-order valence-electron chi connectivity index (χ0n) is 9.35. The van der Waals surface area contributed by atoms with Crippen LogP contribution in [-0.2, 0) is 4.74 Å². The van der Waals surface area contributed by atoms with Gasteiger partial charge in [0, 0.05) is 11.6 Å². The molecular weight excluding hydrogens is 210 g/mol. The number of carbonyl (C=O) groups excluding carboxylic acids is 1. The number of aromatic hydroxyl groups is 1. The molecule has 5 heteroatoms. The van der Waals surface area contributed by atoms with Gasteiger partial charge in [0.05, 0.1) is 13.4 Å². The Morgan fingerprint density at radius 1 is 1.50 bits per heavy atom. The summed E-state index contributed by atoms with van der Waals surface area (Å²) in [6.07, 6.45) is 2.85. The molecule has 0 bridgehead atoms. The first-order valence-electron chi connectivity index (χ1n) is 4.87. The molecule has 0 radical (unpaired) electrons. The summed E-state index contributed by atoms with van der Waals surface area (Å²) in [7, 11) is 1.22. The van der Waals surface area contributed by atoms with Crippen LogP contribution in [0.4, 0.5) is 0 Å². The van der Waals surface area contributed by atoms with Crippen LogP contribution in [0.3, 0.4) is 0 Å². The minimum absolute atomic E-state index is 0.144. The number of nitrogens with zero attached hydrogens (tertiary/aromatic N) is 1. The molecular formula is C11H13NO4. The van der Waals surface area contributed by atoms with Crippen LogP contribution in [0.25, 0.3) is 11.0 Å². The first kappa shape index (κ1) is 12.0. The normalized spacial score (nSPS) is 9.44. The number of rotatable bonds is 1. The maximum absolute atomic E-state index is 11.1. The number of hydrogen-bond donors (Lipinski definition) is 1. The highest BCUT2D eigenvalue weighted by Gasteiger charge is 2.17. The SMILES string of the molecule is CC.COC(=O)c1ncc2ccoc2c1O. The predicted octanol–water partition coefficient (Wildman–Crippen LogP) is 2.35. The van der Waals surface area contributed by atoms with Crippen LogP contribution < -0.4 is 0 Å². The van der Waals surface area contributed by atoms with E-state index in [0.29, 0.717) is 5.39 Å². The molecule has 0 aromatic carbocycles. The van der Waals surface area contributed by atoms with E-state index >= 15 is 0 Å². The van der Waals surface area contributed by atoms with Gasteiger partial charge in [-0.15, -0.1) is 0 Å². The number of pyridine rings is 1. The fraction of sp³-hybridized carbons (Fsp3) is 0.273. The van der Waals surface area contributed by atoms with Gasteiger partial charge in [0.1, 0.15) is 0 Å². The molecule has 0 saturated carbocycles. The minimum Gasteiger partial charge on any atom is -0.503 e. The summed E-state index contributed by atoms with van der Waals surface area (Å²) < 4.78 is 9.43. The van der Waals surface area contributed by atoms with E-state index in [0.717, 1.165) is 0 Å². The summed E-state index contributed by atoms with van der Waals surface area (Å²) in [6.45, 7) is 4.00. The Morgan fingerprint density at radius 3 is 2.81 bits per heavy atom. The Morgan fingerprint density at radius 2 is 2.19 bits per heavy atom. The van der Waals surface area contributed by atoms with Crippen molar-refractivity contribution in [3.05, 3.63) is 24.2 Å². The van der Waals surface area contributed by atoms with Crippen LogP contribution in [0, 0.1) is 0 Å². The molecule has 0 atom stereocenters. The van der Waals surface area contributed by atoms with E-state index in [-0.39, 0.29) is 17.0 Å². The molecule has 0 saturated heterocycles. The average Bonchev–Trinajstić information content (AvgIpc) is 2.80. The molecule has 0 aliphatic carbocycles. The molecule has 2 rings (SSSR count). The molecule has 0 aliphatic rings.